The van der Waals surface area contributed by atoms with E-state index in [4.69, 9.17) is 5.11 Å². The van der Waals surface area contributed by atoms with E-state index in [1.54, 1.807) is 0 Å². The third-order valence-electron chi connectivity index (χ3n) is 3.14. The van der Waals surface area contributed by atoms with E-state index in [9.17, 15) is 0 Å². The molecule has 0 bridgehead atoms. The van der Waals surface area contributed by atoms with Gasteiger partial charge in [-0.2, -0.15) is 0 Å². The quantitative estimate of drug-likeness (QED) is 0.115. The molecule has 0 saturated heterocycles. The Labute approximate surface area is 252 Å². The molecule has 0 aromatic heterocycles. The molecule has 0 aliphatic heterocycles. The van der Waals surface area contributed by atoms with Crippen LogP contribution in [0.15, 0.2) is 12.2 Å². The van der Waals surface area contributed by atoms with Crippen LogP contribution in [0.2, 0.25) is 0 Å². The average molecular weight is 665 g/mol. The van der Waals surface area contributed by atoms with Crippen LogP contribution in [0.1, 0.15) is 32.6 Å². The van der Waals surface area contributed by atoms with E-state index in [2.05, 4.69) is 40.3 Å². The van der Waals surface area contributed by atoms with Crippen LogP contribution in [0.5, 0.6) is 0 Å². The molecule has 0 aliphatic rings. The van der Waals surface area contributed by atoms with E-state index in [0.29, 0.717) is 6.54 Å². The predicted octanol–water partition coefficient (Wildman–Crippen LogP) is 4.69. The van der Waals surface area contributed by atoms with Crippen LogP contribution in [-0.2, 0) is 0 Å². The van der Waals surface area contributed by atoms with Crippen LogP contribution >= 0.6 is 124 Å². The predicted molar refractivity (Wildman–Crippen MR) is 164 cm³/mol. The van der Waals surface area contributed by atoms with Crippen molar-refractivity contribution in [1.29, 1.82) is 0 Å². The molecule has 0 aliphatic carbocycles. The summed E-state index contributed by atoms with van der Waals surface area (Å²) in [5, 5.41) is 21.9. The maximum absolute atomic E-state index is 8.60. The molecule has 0 rings (SSSR count). The first-order valence-electron chi connectivity index (χ1n) is 8.50. The smallest absolute Gasteiger partial charge is 0.0555 e. The number of nitrogens with one attached hydrogen (secondary N) is 4. The summed E-state index contributed by atoms with van der Waals surface area (Å²) < 4.78 is 0. The van der Waals surface area contributed by atoms with E-state index in [-0.39, 0.29) is 131 Å². The topological polar surface area (TPSA) is 68.3 Å². The molecule has 0 amide bonds. The molecule has 0 atom stereocenters. The lowest BCUT2D eigenvalue weighted by Gasteiger charge is -2.04. The van der Waals surface area contributed by atoms with Gasteiger partial charge in [0, 0.05) is 19.6 Å². The minimum absolute atomic E-state index is 0. The Morgan fingerprint density at radius 2 is 0.806 bits per heavy atom. The Morgan fingerprint density at radius 3 is 1.13 bits per heavy atom. The van der Waals surface area contributed by atoms with E-state index >= 15 is 0 Å². The molecule has 206 valence electrons. The zero-order valence-electron chi connectivity index (χ0n) is 17.9. The van der Waals surface area contributed by atoms with Crippen molar-refractivity contribution >= 4 is 124 Å². The van der Waals surface area contributed by atoms with Crippen LogP contribution in [0.3, 0.4) is 0 Å². The van der Waals surface area contributed by atoms with E-state index in [0.717, 1.165) is 52.2 Å². The minimum atomic E-state index is 0. The number of halogens is 10. The molecular weight excluding hydrogens is 619 g/mol. The van der Waals surface area contributed by atoms with Crippen molar-refractivity contribution in [1.82, 2.24) is 21.3 Å². The van der Waals surface area contributed by atoms with Crippen molar-refractivity contribution in [2.45, 2.75) is 32.6 Å². The Balaban J connectivity index is -0.0000000444. The second-order valence-electron chi connectivity index (χ2n) is 5.12. The lowest BCUT2D eigenvalue weighted by Crippen LogP contribution is -2.21. The maximum Gasteiger partial charge on any atom is 0.0555 e. The van der Waals surface area contributed by atoms with Gasteiger partial charge in [0.15, 0.2) is 0 Å². The maximum atomic E-state index is 8.60. The molecule has 0 aromatic rings. The fourth-order valence-electron chi connectivity index (χ4n) is 1.92. The molecular formula is C16H46Cl10N4O. The molecule has 5 nitrogen and oxygen atoms in total. The van der Waals surface area contributed by atoms with Crippen molar-refractivity contribution in [3.05, 3.63) is 12.2 Å². The highest BCUT2D eigenvalue weighted by molar-refractivity contribution is 5.86. The zero-order chi connectivity index (χ0) is 15.4. The zero-order valence-corrected chi connectivity index (χ0v) is 26.0. The van der Waals surface area contributed by atoms with Gasteiger partial charge in [0.25, 0.3) is 0 Å². The number of rotatable bonds is 17. The summed E-state index contributed by atoms with van der Waals surface area (Å²) in [7, 11) is 0. The van der Waals surface area contributed by atoms with Gasteiger partial charge in [0.2, 0.25) is 0 Å². The SMILES string of the molecule is CCNCCCCNC/C=C\CNCCCCNCCO.Cl.Cl.Cl.Cl.Cl.Cl.Cl.Cl.Cl.Cl. The number of aliphatic hydroxyl groups is 1. The number of hydrogen-bond donors (Lipinski definition) is 5. The molecule has 0 radical (unpaired) electrons. The van der Waals surface area contributed by atoms with Gasteiger partial charge in [0.1, 0.15) is 0 Å². The number of hydrogen-bond acceptors (Lipinski definition) is 5. The van der Waals surface area contributed by atoms with Crippen molar-refractivity contribution < 1.29 is 5.11 Å². The van der Waals surface area contributed by atoms with Crippen molar-refractivity contribution in [2.75, 3.05) is 59.0 Å². The first kappa shape index (κ1) is 69.9. The highest BCUT2D eigenvalue weighted by Crippen LogP contribution is 1.85. The Bertz CT molecular complexity index is 241. The molecule has 0 saturated carbocycles. The lowest BCUT2D eigenvalue weighted by atomic mass is 10.3. The number of unbranched alkanes of at least 4 members (excludes halogenated alkanes) is 2. The highest BCUT2D eigenvalue weighted by Gasteiger charge is 1.89. The highest BCUT2D eigenvalue weighted by atomic mass is 35.5. The summed E-state index contributed by atoms with van der Waals surface area (Å²) >= 11 is 0. The standard InChI is InChI=1S/C16H36N4O.10ClH/c1-2-17-9-3-4-10-18-11-5-6-12-19-13-7-8-14-20-15-16-21;;;;;;;;;;/h5-6,17-21H,2-4,7-16H2,1H3;10*1H/b6-5-;;;;;;;;;;. The Morgan fingerprint density at radius 1 is 0.484 bits per heavy atom. The van der Waals surface area contributed by atoms with Gasteiger partial charge in [-0.25, -0.2) is 0 Å². The molecule has 0 fully saturated rings. The van der Waals surface area contributed by atoms with Crippen LogP contribution in [0.25, 0.3) is 0 Å². The summed E-state index contributed by atoms with van der Waals surface area (Å²) in [5.41, 5.74) is 0. The molecule has 15 heteroatoms. The summed E-state index contributed by atoms with van der Waals surface area (Å²) in [6.07, 6.45) is 9.21. The van der Waals surface area contributed by atoms with E-state index < -0.39 is 0 Å². The lowest BCUT2D eigenvalue weighted by molar-refractivity contribution is 0.292. The first-order chi connectivity index (χ1) is 10.4. The molecule has 0 spiro atoms. The summed E-state index contributed by atoms with van der Waals surface area (Å²) in [6.45, 7) is 10.4. The third-order valence-corrected chi connectivity index (χ3v) is 3.14. The van der Waals surface area contributed by atoms with Gasteiger partial charge in [0.05, 0.1) is 6.61 Å². The largest absolute Gasteiger partial charge is 0.395 e. The number of aliphatic hydroxyl groups excluding tert-OH is 1. The van der Waals surface area contributed by atoms with E-state index in [1.165, 1.54) is 19.3 Å². The fourth-order valence-corrected chi connectivity index (χ4v) is 1.92. The van der Waals surface area contributed by atoms with Crippen LogP contribution in [-0.4, -0.2) is 64.1 Å². The molecule has 31 heavy (non-hydrogen) atoms. The molecule has 0 aromatic carbocycles. The second kappa shape index (κ2) is 69.8. The van der Waals surface area contributed by atoms with Crippen LogP contribution in [0.4, 0.5) is 0 Å². The molecule has 0 unspecified atom stereocenters. The van der Waals surface area contributed by atoms with Crippen molar-refractivity contribution in [2.24, 2.45) is 0 Å². The van der Waals surface area contributed by atoms with E-state index in [1.807, 2.05) is 0 Å². The molecule has 0 heterocycles. The van der Waals surface area contributed by atoms with Crippen LogP contribution in [0, 0.1) is 0 Å². The van der Waals surface area contributed by atoms with Gasteiger partial charge in [-0.15, -0.1) is 124 Å². The first-order valence-corrected chi connectivity index (χ1v) is 8.50. The second-order valence-corrected chi connectivity index (χ2v) is 5.12. The summed E-state index contributed by atoms with van der Waals surface area (Å²) in [5.74, 6) is 0. The van der Waals surface area contributed by atoms with Crippen molar-refractivity contribution in [3.8, 4) is 0 Å². The fraction of sp³-hybridized carbons (Fsp3) is 0.875. The average Bonchev–Trinajstić information content (AvgIpc) is 2.50. The third kappa shape index (κ3) is 71.9. The minimum Gasteiger partial charge on any atom is -0.395 e. The van der Waals surface area contributed by atoms with Gasteiger partial charge >= 0.3 is 0 Å². The van der Waals surface area contributed by atoms with Gasteiger partial charge < -0.3 is 26.4 Å². The van der Waals surface area contributed by atoms with Gasteiger partial charge in [-0.05, 0) is 58.4 Å². The van der Waals surface area contributed by atoms with Crippen LogP contribution < -0.4 is 21.3 Å². The van der Waals surface area contributed by atoms with Gasteiger partial charge in [-0.1, -0.05) is 19.1 Å². The molecule has 5 N–H and O–H groups in total. The van der Waals surface area contributed by atoms with Gasteiger partial charge in [-0.3, -0.25) is 0 Å². The Kier molecular flexibility index (Phi) is 157. The van der Waals surface area contributed by atoms with Crippen molar-refractivity contribution in [3.63, 3.8) is 0 Å². The normalized spacial score (nSPS) is 7.81. The monoisotopic (exact) mass is 660 g/mol. The summed E-state index contributed by atoms with van der Waals surface area (Å²) in [6, 6.07) is 0. The summed E-state index contributed by atoms with van der Waals surface area (Å²) in [4.78, 5) is 0. The Hall–Kier alpha value is 2.44.